The van der Waals surface area contributed by atoms with Crippen molar-refractivity contribution in [2.45, 2.75) is 47.8 Å². The fraction of sp³-hybridized carbons (Fsp3) is 0.195. The summed E-state index contributed by atoms with van der Waals surface area (Å²) in [5.74, 6) is 0. The molecular weight excluding hydrogens is 655 g/mol. The standard InChI is InChI=1S/C17H17.C13H10.C11H11.2ClH.Zr/c1-3-12-5-7-16-14(9-12)11-15-10-13(4-2)6-8-17(15)16;1-3-7-12(8-4-1)11-13-9-5-2-6-10-13;1-8-3-6-11-9(2)4-5-10(11)7-8;;;/h5-11H,3-4H2,1-2H3;1-10H;3-7H,1-2H3;2*1H;/q;;;;;+2/p-2. The zero-order valence-electron chi connectivity index (χ0n) is 25.9. The van der Waals surface area contributed by atoms with E-state index in [-0.39, 0.29) is 24.8 Å². The van der Waals surface area contributed by atoms with Crippen LogP contribution in [0.2, 0.25) is 0 Å². The molecule has 0 N–H and O–H groups in total. The van der Waals surface area contributed by atoms with Crippen LogP contribution in [-0.2, 0) is 34.1 Å². The summed E-state index contributed by atoms with van der Waals surface area (Å²) in [5.41, 5.74) is 17.6. The number of rotatable bonds is 6. The summed E-state index contributed by atoms with van der Waals surface area (Å²) in [6.45, 7) is 9.18. The van der Waals surface area contributed by atoms with Crippen molar-refractivity contribution in [3.8, 4) is 11.1 Å². The van der Waals surface area contributed by atoms with E-state index in [9.17, 15) is 0 Å². The average molecular weight is 693 g/mol. The van der Waals surface area contributed by atoms with Crippen molar-refractivity contribution < 1.29 is 46.1 Å². The first-order valence-electron chi connectivity index (χ1n) is 15.5. The number of fused-ring (bicyclic) bond motifs is 4. The summed E-state index contributed by atoms with van der Waals surface area (Å²) in [7, 11) is 0. The van der Waals surface area contributed by atoms with Crippen LogP contribution in [0.4, 0.5) is 0 Å². The van der Waals surface area contributed by atoms with E-state index >= 15 is 0 Å². The quantitative estimate of drug-likeness (QED) is 0.250. The van der Waals surface area contributed by atoms with Crippen LogP contribution in [0, 0.1) is 6.92 Å². The van der Waals surface area contributed by atoms with Gasteiger partial charge >= 0.3 is 260 Å². The van der Waals surface area contributed by atoms with Crippen LogP contribution in [0.25, 0.3) is 16.7 Å². The van der Waals surface area contributed by atoms with Gasteiger partial charge in [-0.1, -0.05) is 0 Å². The van der Waals surface area contributed by atoms with Gasteiger partial charge in [-0.05, 0) is 0 Å². The summed E-state index contributed by atoms with van der Waals surface area (Å²) in [5, 5.41) is 0. The molecule has 0 saturated heterocycles. The molecule has 44 heavy (non-hydrogen) atoms. The van der Waals surface area contributed by atoms with Gasteiger partial charge in [-0.15, -0.1) is 0 Å². The molecule has 0 aromatic heterocycles. The Balaban J connectivity index is 0.00000192. The largest absolute Gasteiger partial charge is 1.00 e. The molecule has 0 radical (unpaired) electrons. The van der Waals surface area contributed by atoms with Gasteiger partial charge in [-0.25, -0.2) is 0 Å². The van der Waals surface area contributed by atoms with Crippen molar-refractivity contribution in [2.24, 2.45) is 0 Å². The first-order chi connectivity index (χ1) is 20.6. The van der Waals surface area contributed by atoms with Crippen LogP contribution in [-0.4, -0.2) is 3.21 Å². The van der Waals surface area contributed by atoms with Gasteiger partial charge in [0.05, 0.1) is 0 Å². The molecule has 2 aliphatic rings. The van der Waals surface area contributed by atoms with Gasteiger partial charge in [-0.2, -0.15) is 0 Å². The Morgan fingerprint density at radius 3 is 1.57 bits per heavy atom. The Morgan fingerprint density at radius 1 is 0.568 bits per heavy atom. The zero-order valence-corrected chi connectivity index (χ0v) is 29.8. The van der Waals surface area contributed by atoms with E-state index in [1.54, 1.807) is 19.9 Å². The van der Waals surface area contributed by atoms with Crippen molar-refractivity contribution in [2.75, 3.05) is 0 Å². The Morgan fingerprint density at radius 2 is 1.07 bits per heavy atom. The van der Waals surface area contributed by atoms with Crippen molar-refractivity contribution in [1.82, 2.24) is 0 Å². The molecular formula is C41H38Cl2Zr. The number of benzene rings is 5. The molecule has 0 nitrogen and oxygen atoms in total. The third-order valence-corrected chi connectivity index (χ3v) is 18.1. The SMILES string of the molecule is CCc1ccc2c(c1)[CH]([Zr+2](=[C](c1ccccc1)c1ccccc1)[CH]1C=C(C)c3ccc(C)cc31)c1cc(CC)ccc1-2.[Cl-].[Cl-]. The van der Waals surface area contributed by atoms with Crippen LogP contribution in [0.15, 0.2) is 121 Å². The molecule has 3 heteroatoms. The molecule has 1 unspecified atom stereocenters. The molecule has 0 saturated carbocycles. The smallest absolute Gasteiger partial charge is 1.00 e. The molecule has 7 rings (SSSR count). The predicted molar refractivity (Wildman–Crippen MR) is 176 cm³/mol. The molecule has 0 spiro atoms. The molecule has 1 atom stereocenters. The topological polar surface area (TPSA) is 0 Å². The molecule has 0 heterocycles. The van der Waals surface area contributed by atoms with Gasteiger partial charge in [0.25, 0.3) is 0 Å². The van der Waals surface area contributed by atoms with Gasteiger partial charge < -0.3 is 24.8 Å². The Bertz CT molecular complexity index is 1770. The average Bonchev–Trinajstić information content (AvgIpc) is 3.53. The summed E-state index contributed by atoms with van der Waals surface area (Å²) < 4.78 is 2.53. The molecule has 2 aliphatic carbocycles. The molecule has 0 aliphatic heterocycles. The van der Waals surface area contributed by atoms with Crippen molar-refractivity contribution in [1.29, 1.82) is 0 Å². The van der Waals surface area contributed by atoms with E-state index in [1.807, 2.05) is 0 Å². The zero-order chi connectivity index (χ0) is 28.8. The summed E-state index contributed by atoms with van der Waals surface area (Å²) in [6.07, 6.45) is 4.79. The number of halogens is 2. The van der Waals surface area contributed by atoms with E-state index < -0.39 is 21.3 Å². The van der Waals surface area contributed by atoms with Gasteiger partial charge in [0, 0.05) is 0 Å². The third-order valence-electron chi connectivity index (χ3n) is 9.40. The van der Waals surface area contributed by atoms with Crippen molar-refractivity contribution in [3.05, 3.63) is 171 Å². The second-order valence-corrected chi connectivity index (χ2v) is 18.4. The Kier molecular flexibility index (Phi) is 10.1. The maximum absolute atomic E-state index is 2.78. The number of allylic oxidation sites excluding steroid dienone is 2. The fourth-order valence-electron chi connectivity index (χ4n) is 7.31. The Hall–Kier alpha value is -2.83. The number of aryl methyl sites for hydroxylation is 3. The number of hydrogen-bond acceptors (Lipinski definition) is 0. The minimum atomic E-state index is -2.78. The third kappa shape index (κ3) is 5.69. The van der Waals surface area contributed by atoms with E-state index in [4.69, 9.17) is 0 Å². The summed E-state index contributed by atoms with van der Waals surface area (Å²) in [6, 6.07) is 44.6. The number of hydrogen-bond donors (Lipinski definition) is 0. The monoisotopic (exact) mass is 690 g/mol. The van der Waals surface area contributed by atoms with Crippen LogP contribution < -0.4 is 24.8 Å². The Labute approximate surface area is 283 Å². The van der Waals surface area contributed by atoms with E-state index in [1.165, 1.54) is 50.1 Å². The van der Waals surface area contributed by atoms with Gasteiger partial charge in [0.1, 0.15) is 0 Å². The van der Waals surface area contributed by atoms with E-state index in [0.29, 0.717) is 7.25 Å². The normalized spacial score (nSPS) is 14.2. The first-order valence-corrected chi connectivity index (χ1v) is 19.5. The van der Waals surface area contributed by atoms with Crippen LogP contribution in [0.1, 0.15) is 78.1 Å². The van der Waals surface area contributed by atoms with Crippen molar-refractivity contribution >= 4 is 8.78 Å². The molecule has 0 amide bonds. The minimum absolute atomic E-state index is 0. The molecule has 220 valence electrons. The maximum Gasteiger partial charge on any atom is -1.00 e. The molecule has 0 bridgehead atoms. The summed E-state index contributed by atoms with van der Waals surface area (Å²) >= 11 is -2.78. The fourth-order valence-corrected chi connectivity index (χ4v) is 17.4. The predicted octanol–water partition coefficient (Wildman–Crippen LogP) is 4.24. The maximum atomic E-state index is 2.66. The molecule has 0 fully saturated rings. The molecule has 5 aromatic carbocycles. The van der Waals surface area contributed by atoms with Crippen LogP contribution in [0.5, 0.6) is 0 Å². The van der Waals surface area contributed by atoms with Crippen LogP contribution in [0.3, 0.4) is 0 Å². The summed E-state index contributed by atoms with van der Waals surface area (Å²) in [4.78, 5) is 0. The molecule has 5 aromatic rings. The van der Waals surface area contributed by atoms with Gasteiger partial charge in [0.15, 0.2) is 0 Å². The van der Waals surface area contributed by atoms with E-state index in [0.717, 1.165) is 12.8 Å². The second-order valence-electron chi connectivity index (χ2n) is 12.0. The first kappa shape index (κ1) is 32.6. The van der Waals surface area contributed by atoms with Gasteiger partial charge in [-0.3, -0.25) is 0 Å². The minimum Gasteiger partial charge on any atom is -1.00 e. The van der Waals surface area contributed by atoms with Gasteiger partial charge in [0.2, 0.25) is 0 Å². The van der Waals surface area contributed by atoms with E-state index in [2.05, 4.69) is 149 Å². The van der Waals surface area contributed by atoms with Crippen molar-refractivity contribution in [3.63, 3.8) is 0 Å². The second kappa shape index (κ2) is 13.7. The van der Waals surface area contributed by atoms with Crippen LogP contribution >= 0.6 is 0 Å².